The molecule has 1 aliphatic rings. The van der Waals surface area contributed by atoms with Gasteiger partial charge >= 0.3 is 23.9 Å². The lowest BCUT2D eigenvalue weighted by molar-refractivity contribution is -0.146. The molecule has 5 rings (SSSR count). The number of carbonyl (C=O) groups excluding carboxylic acids is 4. The highest BCUT2D eigenvalue weighted by molar-refractivity contribution is 5.73. The third-order valence-electron chi connectivity index (χ3n) is 9.64. The van der Waals surface area contributed by atoms with Gasteiger partial charge in [0.15, 0.2) is 26.4 Å². The molecule has 0 heterocycles. The van der Waals surface area contributed by atoms with E-state index < -0.39 is 23.9 Å². The van der Waals surface area contributed by atoms with Crippen LogP contribution < -0.4 is 18.9 Å². The quantitative estimate of drug-likeness (QED) is 0.0727. The minimum atomic E-state index is -0.513. The van der Waals surface area contributed by atoms with E-state index in [0.29, 0.717) is 48.7 Å². The second-order valence-electron chi connectivity index (χ2n) is 13.7. The van der Waals surface area contributed by atoms with Crippen LogP contribution in [0.3, 0.4) is 0 Å². The summed E-state index contributed by atoms with van der Waals surface area (Å²) >= 11 is 0. The van der Waals surface area contributed by atoms with E-state index in [1.54, 1.807) is 27.7 Å². The Labute approximate surface area is 346 Å². The smallest absolute Gasteiger partial charge is 0.344 e. The van der Waals surface area contributed by atoms with Gasteiger partial charge in [-0.3, -0.25) is 0 Å². The van der Waals surface area contributed by atoms with Crippen molar-refractivity contribution in [1.82, 2.24) is 0 Å². The van der Waals surface area contributed by atoms with E-state index in [0.717, 1.165) is 50.9 Å². The Bertz CT molecular complexity index is 1930. The van der Waals surface area contributed by atoms with E-state index in [9.17, 15) is 19.2 Å². The van der Waals surface area contributed by atoms with Gasteiger partial charge in [0.05, 0.1) is 26.4 Å². The molecule has 0 saturated heterocycles. The average molecular weight is 811 g/mol. The van der Waals surface area contributed by atoms with E-state index >= 15 is 0 Å². The number of hydrogen-bond acceptors (Lipinski definition) is 12. The first kappa shape index (κ1) is 44.1. The zero-order valence-corrected chi connectivity index (χ0v) is 34.6. The van der Waals surface area contributed by atoms with Gasteiger partial charge in [-0.2, -0.15) is 0 Å². The normalized spacial score (nSPS) is 12.2. The summed E-state index contributed by atoms with van der Waals surface area (Å²) in [6, 6.07) is 23.3. The van der Waals surface area contributed by atoms with Crippen molar-refractivity contribution in [2.75, 3.05) is 52.9 Å². The van der Waals surface area contributed by atoms with E-state index in [1.165, 1.54) is 0 Å². The Morgan fingerprint density at radius 2 is 0.695 bits per heavy atom. The number of esters is 4. The molecule has 8 bridgehead atoms. The highest BCUT2D eigenvalue weighted by Gasteiger charge is 2.28. The van der Waals surface area contributed by atoms with Crippen LogP contribution in [-0.4, -0.2) is 76.7 Å². The van der Waals surface area contributed by atoms with E-state index in [4.69, 9.17) is 37.9 Å². The molecule has 4 aromatic rings. The lowest BCUT2D eigenvalue weighted by atomic mass is 9.83. The highest BCUT2D eigenvalue weighted by atomic mass is 16.6. The summed E-state index contributed by atoms with van der Waals surface area (Å²) in [5.74, 6) is -0.372. The van der Waals surface area contributed by atoms with Crippen molar-refractivity contribution in [1.29, 1.82) is 0 Å². The Morgan fingerprint density at radius 1 is 0.424 bits per heavy atom. The second kappa shape index (κ2) is 22.2. The van der Waals surface area contributed by atoms with Crippen molar-refractivity contribution in [2.24, 2.45) is 0 Å². The summed E-state index contributed by atoms with van der Waals surface area (Å²) in [6.07, 6.45) is 2.33. The number of carbonyl (C=O) groups is 4. The monoisotopic (exact) mass is 810 g/mol. The minimum absolute atomic E-state index is 0.203. The molecule has 1 aliphatic carbocycles. The largest absolute Gasteiger partial charge is 0.481 e. The predicted octanol–water partition coefficient (Wildman–Crippen LogP) is 7.47. The lowest BCUT2D eigenvalue weighted by Crippen LogP contribution is -2.19. The Hall–Kier alpha value is -6.04. The number of fused-ring (bicyclic) bond motifs is 8. The molecule has 0 amide bonds. The summed E-state index contributed by atoms with van der Waals surface area (Å²) in [6.45, 7) is 8.57. The molecule has 0 N–H and O–H groups in total. The number of hydrogen-bond donors (Lipinski definition) is 0. The van der Waals surface area contributed by atoms with Crippen LogP contribution in [0.2, 0.25) is 0 Å². The van der Waals surface area contributed by atoms with Gasteiger partial charge in [0.25, 0.3) is 0 Å². The molecule has 0 aromatic heterocycles. The number of benzene rings is 4. The van der Waals surface area contributed by atoms with Crippen molar-refractivity contribution in [2.45, 2.75) is 72.6 Å². The maximum atomic E-state index is 12.8. The van der Waals surface area contributed by atoms with Crippen molar-refractivity contribution in [3.05, 3.63) is 117 Å². The van der Waals surface area contributed by atoms with Crippen LogP contribution in [0.15, 0.2) is 72.8 Å². The van der Waals surface area contributed by atoms with Crippen LogP contribution in [-0.2, 0) is 57.4 Å². The number of ether oxygens (including phenoxy) is 8. The molecular formula is C47H54O12. The maximum Gasteiger partial charge on any atom is 0.344 e. The van der Waals surface area contributed by atoms with Crippen LogP contribution >= 0.6 is 0 Å². The number of rotatable bonds is 18. The van der Waals surface area contributed by atoms with Gasteiger partial charge in [0, 0.05) is 36.3 Å². The zero-order valence-electron chi connectivity index (χ0n) is 34.6. The van der Waals surface area contributed by atoms with Gasteiger partial charge in [-0.1, -0.05) is 86.1 Å². The molecule has 0 fully saturated rings. The Kier molecular flexibility index (Phi) is 16.6. The van der Waals surface area contributed by atoms with E-state index in [1.807, 2.05) is 72.8 Å². The molecule has 0 saturated carbocycles. The maximum absolute atomic E-state index is 12.8. The molecule has 12 nitrogen and oxygen atoms in total. The fraction of sp³-hybridized carbons (Fsp3) is 0.404. The first-order valence-electron chi connectivity index (χ1n) is 20.3. The molecule has 314 valence electrons. The van der Waals surface area contributed by atoms with Gasteiger partial charge in [0.1, 0.15) is 23.0 Å². The minimum Gasteiger partial charge on any atom is -0.481 e. The average Bonchev–Trinajstić information content (AvgIpc) is 3.21. The molecule has 12 heteroatoms. The van der Waals surface area contributed by atoms with Gasteiger partial charge in [0.2, 0.25) is 0 Å². The Balaban J connectivity index is 1.79. The van der Waals surface area contributed by atoms with Crippen molar-refractivity contribution in [3.8, 4) is 23.0 Å². The summed E-state index contributed by atoms with van der Waals surface area (Å²) in [7, 11) is 0. The van der Waals surface area contributed by atoms with Crippen LogP contribution in [0.4, 0.5) is 0 Å². The molecule has 0 aliphatic heterocycles. The first-order valence-corrected chi connectivity index (χ1v) is 20.3. The van der Waals surface area contributed by atoms with E-state index in [-0.39, 0.29) is 58.8 Å². The van der Waals surface area contributed by atoms with Crippen molar-refractivity contribution >= 4 is 23.9 Å². The fourth-order valence-electron chi connectivity index (χ4n) is 7.31. The third-order valence-corrected chi connectivity index (χ3v) is 9.64. The fourth-order valence-corrected chi connectivity index (χ4v) is 7.31. The SMILES string of the molecule is CCCC1c2cccc(c2OCC(=O)OCC)Cc2cccc(c2OCC(=O)OCC)Cc2cccc(c2OCC(=O)OCC)Cc2cccc1c2OCC(=O)OCC. The van der Waals surface area contributed by atoms with Gasteiger partial charge < -0.3 is 37.9 Å². The van der Waals surface area contributed by atoms with Crippen LogP contribution in [0.1, 0.15) is 97.9 Å². The van der Waals surface area contributed by atoms with Crippen LogP contribution in [0.5, 0.6) is 23.0 Å². The Morgan fingerprint density at radius 3 is 0.983 bits per heavy atom. The van der Waals surface area contributed by atoms with E-state index in [2.05, 4.69) is 6.92 Å². The number of para-hydroxylation sites is 4. The van der Waals surface area contributed by atoms with Crippen LogP contribution in [0, 0.1) is 0 Å². The van der Waals surface area contributed by atoms with Crippen molar-refractivity contribution < 1.29 is 57.1 Å². The first-order chi connectivity index (χ1) is 28.7. The summed E-state index contributed by atoms with van der Waals surface area (Å²) in [5.41, 5.74) is 6.18. The molecule has 0 radical (unpaired) electrons. The van der Waals surface area contributed by atoms with Crippen molar-refractivity contribution in [3.63, 3.8) is 0 Å². The molecule has 0 atom stereocenters. The molecule has 0 unspecified atom stereocenters. The van der Waals surface area contributed by atoms with Gasteiger partial charge in [-0.05, 0) is 67.5 Å². The summed E-state index contributed by atoms with van der Waals surface area (Å²) in [5, 5.41) is 0. The standard InChI is InChI=1S/C47H54O12/c1-6-15-37-38-22-13-20-35(46(38)58-29-42(50)54-9-4)25-33-18-11-16-31(44(33)56-27-40(48)52-7-2)24-32-17-12-19-34(45(32)57-28-41(49)53-8-3)26-36-21-14-23-39(37)47(36)59-30-43(51)55-10-5/h11-14,16-23,37H,6-10,15,24-30H2,1-5H3. The topological polar surface area (TPSA) is 142 Å². The van der Waals surface area contributed by atoms with Gasteiger partial charge in [-0.25, -0.2) is 19.2 Å². The predicted molar refractivity (Wildman–Crippen MR) is 219 cm³/mol. The molecule has 59 heavy (non-hydrogen) atoms. The molecule has 0 spiro atoms. The second-order valence-corrected chi connectivity index (χ2v) is 13.7. The third kappa shape index (κ3) is 11.8. The molecule has 4 aromatic carbocycles. The van der Waals surface area contributed by atoms with Gasteiger partial charge in [-0.15, -0.1) is 0 Å². The summed E-state index contributed by atoms with van der Waals surface area (Å²) in [4.78, 5) is 51.0. The summed E-state index contributed by atoms with van der Waals surface area (Å²) < 4.78 is 46.5. The highest BCUT2D eigenvalue weighted by Crippen LogP contribution is 2.44. The lowest BCUT2D eigenvalue weighted by Gasteiger charge is -2.27. The zero-order chi connectivity index (χ0) is 42.1. The molecular weight excluding hydrogens is 757 g/mol. The van der Waals surface area contributed by atoms with Crippen LogP contribution in [0.25, 0.3) is 0 Å².